The van der Waals surface area contributed by atoms with E-state index in [9.17, 15) is 4.79 Å². The fraction of sp³-hybridized carbons (Fsp3) is 0.381. The van der Waals surface area contributed by atoms with E-state index < -0.39 is 0 Å². The average molecular weight is 363 g/mol. The van der Waals surface area contributed by atoms with Crippen molar-refractivity contribution in [3.63, 3.8) is 0 Å². The molecule has 3 aromatic rings. The molecule has 1 N–H and O–H groups in total. The summed E-state index contributed by atoms with van der Waals surface area (Å²) in [6, 6.07) is 12.3. The molecule has 0 bridgehead atoms. The number of carbonyl (C=O) groups excluding carboxylic acids is 1. The number of amides is 1. The van der Waals surface area contributed by atoms with E-state index in [0.29, 0.717) is 12.1 Å². The van der Waals surface area contributed by atoms with Crippen LogP contribution in [-0.2, 0) is 13.6 Å². The Morgan fingerprint density at radius 1 is 1.26 bits per heavy atom. The van der Waals surface area contributed by atoms with Crippen molar-refractivity contribution < 1.29 is 4.79 Å². The zero-order valence-electron chi connectivity index (χ0n) is 15.9. The smallest absolute Gasteiger partial charge is 0.255 e. The van der Waals surface area contributed by atoms with Crippen molar-refractivity contribution in [2.75, 3.05) is 13.1 Å². The maximum atomic E-state index is 13.7. The Balaban J connectivity index is 1.74. The molecule has 27 heavy (non-hydrogen) atoms. The van der Waals surface area contributed by atoms with E-state index in [2.05, 4.69) is 27.5 Å². The Morgan fingerprint density at radius 2 is 2.00 bits per heavy atom. The Bertz CT molecular complexity index is 944. The molecule has 1 fully saturated rings. The molecule has 0 aliphatic carbocycles. The van der Waals surface area contributed by atoms with Gasteiger partial charge in [-0.15, -0.1) is 0 Å². The van der Waals surface area contributed by atoms with Crippen LogP contribution in [0.2, 0.25) is 0 Å². The monoisotopic (exact) mass is 363 g/mol. The molecule has 4 rings (SSSR count). The quantitative estimate of drug-likeness (QED) is 0.774. The van der Waals surface area contributed by atoms with E-state index >= 15 is 0 Å². The number of aryl methyl sites for hydroxylation is 2. The standard InChI is InChI=1S/C21H25N5O/c1-15-12-18(19-13-23-25(2)20(19)24-15)21(27)26(17-8-10-22-11-9-17)14-16-6-4-3-5-7-16/h3-7,12-13,17,22H,8-11,14H2,1-2H3. The molecule has 0 atom stereocenters. The number of pyridine rings is 1. The second-order valence-electron chi connectivity index (χ2n) is 7.22. The number of aromatic nitrogens is 3. The summed E-state index contributed by atoms with van der Waals surface area (Å²) in [5.74, 6) is 0.0641. The fourth-order valence-corrected chi connectivity index (χ4v) is 3.84. The molecule has 0 spiro atoms. The van der Waals surface area contributed by atoms with Gasteiger partial charge in [0, 0.05) is 25.3 Å². The van der Waals surface area contributed by atoms with Crippen molar-refractivity contribution in [1.29, 1.82) is 0 Å². The lowest BCUT2D eigenvalue weighted by atomic mass is 10.0. The number of rotatable bonds is 4. The van der Waals surface area contributed by atoms with Gasteiger partial charge in [-0.3, -0.25) is 9.48 Å². The Hall–Kier alpha value is -2.73. The number of hydrogen-bond donors (Lipinski definition) is 1. The van der Waals surface area contributed by atoms with Gasteiger partial charge in [0.05, 0.1) is 17.1 Å². The van der Waals surface area contributed by atoms with Crippen LogP contribution in [0.15, 0.2) is 42.6 Å². The first kappa shape index (κ1) is 17.7. The third-order valence-electron chi connectivity index (χ3n) is 5.27. The minimum absolute atomic E-state index is 0.0641. The zero-order valence-corrected chi connectivity index (χ0v) is 15.9. The van der Waals surface area contributed by atoms with Gasteiger partial charge in [0.15, 0.2) is 5.65 Å². The first-order valence-electron chi connectivity index (χ1n) is 9.48. The maximum Gasteiger partial charge on any atom is 0.255 e. The van der Waals surface area contributed by atoms with Crippen molar-refractivity contribution in [1.82, 2.24) is 25.0 Å². The van der Waals surface area contributed by atoms with E-state index in [1.165, 1.54) is 0 Å². The van der Waals surface area contributed by atoms with Gasteiger partial charge >= 0.3 is 0 Å². The number of hydrogen-bond acceptors (Lipinski definition) is 4. The van der Waals surface area contributed by atoms with Crippen molar-refractivity contribution in [2.24, 2.45) is 7.05 Å². The predicted molar refractivity (Wildman–Crippen MR) is 105 cm³/mol. The normalized spacial score (nSPS) is 15.2. The van der Waals surface area contributed by atoms with Crippen LogP contribution >= 0.6 is 0 Å². The van der Waals surface area contributed by atoms with E-state index in [0.717, 1.165) is 48.2 Å². The molecule has 1 aliphatic heterocycles. The summed E-state index contributed by atoms with van der Waals surface area (Å²) < 4.78 is 1.73. The molecule has 1 amide bonds. The summed E-state index contributed by atoms with van der Waals surface area (Å²) >= 11 is 0. The Morgan fingerprint density at radius 3 is 2.74 bits per heavy atom. The number of nitrogens with one attached hydrogen (secondary N) is 1. The van der Waals surface area contributed by atoms with Crippen molar-refractivity contribution in [3.05, 3.63) is 59.4 Å². The molecule has 1 saturated heterocycles. The zero-order chi connectivity index (χ0) is 18.8. The summed E-state index contributed by atoms with van der Waals surface area (Å²) in [7, 11) is 1.86. The largest absolute Gasteiger partial charge is 0.331 e. The van der Waals surface area contributed by atoms with E-state index in [1.807, 2.05) is 43.1 Å². The van der Waals surface area contributed by atoms with E-state index in [4.69, 9.17) is 0 Å². The van der Waals surface area contributed by atoms with Gasteiger partial charge in [-0.1, -0.05) is 30.3 Å². The van der Waals surface area contributed by atoms with Crippen LogP contribution in [0, 0.1) is 6.92 Å². The lowest BCUT2D eigenvalue weighted by Crippen LogP contribution is -2.45. The van der Waals surface area contributed by atoms with Crippen LogP contribution in [0.1, 0.15) is 34.5 Å². The third-order valence-corrected chi connectivity index (χ3v) is 5.27. The van der Waals surface area contributed by atoms with Crippen LogP contribution in [0.4, 0.5) is 0 Å². The van der Waals surface area contributed by atoms with Crippen molar-refractivity contribution >= 4 is 16.9 Å². The van der Waals surface area contributed by atoms with E-state index in [-0.39, 0.29) is 11.9 Å². The molecule has 0 saturated carbocycles. The second kappa shape index (κ2) is 7.48. The van der Waals surface area contributed by atoms with Crippen LogP contribution in [0.5, 0.6) is 0 Å². The number of fused-ring (bicyclic) bond motifs is 1. The highest BCUT2D eigenvalue weighted by Gasteiger charge is 2.28. The minimum atomic E-state index is 0.0641. The lowest BCUT2D eigenvalue weighted by Gasteiger charge is -2.35. The summed E-state index contributed by atoms with van der Waals surface area (Å²) in [4.78, 5) is 20.3. The van der Waals surface area contributed by atoms with Crippen molar-refractivity contribution in [2.45, 2.75) is 32.4 Å². The Kier molecular flexibility index (Phi) is 4.90. The van der Waals surface area contributed by atoms with Gasteiger partial charge in [-0.05, 0) is 44.5 Å². The van der Waals surface area contributed by atoms with Crippen LogP contribution in [0.3, 0.4) is 0 Å². The molecular formula is C21H25N5O. The van der Waals surface area contributed by atoms with Gasteiger partial charge < -0.3 is 10.2 Å². The minimum Gasteiger partial charge on any atom is -0.331 e. The summed E-state index contributed by atoms with van der Waals surface area (Å²) in [6.45, 7) is 4.44. The summed E-state index contributed by atoms with van der Waals surface area (Å²) in [5.41, 5.74) is 3.43. The van der Waals surface area contributed by atoms with Crippen LogP contribution in [0.25, 0.3) is 11.0 Å². The number of benzene rings is 1. The summed E-state index contributed by atoms with van der Waals surface area (Å²) in [6.07, 6.45) is 3.69. The molecule has 140 valence electrons. The van der Waals surface area contributed by atoms with Gasteiger partial charge in [0.25, 0.3) is 5.91 Å². The lowest BCUT2D eigenvalue weighted by molar-refractivity contribution is 0.0625. The summed E-state index contributed by atoms with van der Waals surface area (Å²) in [5, 5.41) is 8.52. The first-order valence-corrected chi connectivity index (χ1v) is 9.48. The molecule has 3 heterocycles. The molecule has 1 aromatic carbocycles. The number of nitrogens with zero attached hydrogens (tertiary/aromatic N) is 4. The maximum absolute atomic E-state index is 13.7. The first-order chi connectivity index (χ1) is 13.1. The van der Waals surface area contributed by atoms with Gasteiger partial charge in [0.1, 0.15) is 0 Å². The highest BCUT2D eigenvalue weighted by atomic mass is 16.2. The van der Waals surface area contributed by atoms with Gasteiger partial charge in [0.2, 0.25) is 0 Å². The molecule has 6 nitrogen and oxygen atoms in total. The van der Waals surface area contributed by atoms with E-state index in [1.54, 1.807) is 10.9 Å². The van der Waals surface area contributed by atoms with Gasteiger partial charge in [-0.2, -0.15) is 5.10 Å². The van der Waals surface area contributed by atoms with Crippen LogP contribution in [-0.4, -0.2) is 44.7 Å². The molecule has 2 aromatic heterocycles. The highest BCUT2D eigenvalue weighted by Crippen LogP contribution is 2.24. The number of piperidine rings is 1. The molecule has 1 aliphatic rings. The van der Waals surface area contributed by atoms with Crippen LogP contribution < -0.4 is 5.32 Å². The number of carbonyl (C=O) groups is 1. The van der Waals surface area contributed by atoms with Gasteiger partial charge in [-0.25, -0.2) is 4.98 Å². The molecule has 0 radical (unpaired) electrons. The molecular weight excluding hydrogens is 338 g/mol. The Labute approximate surface area is 159 Å². The SMILES string of the molecule is Cc1cc(C(=O)N(Cc2ccccc2)C2CCNCC2)c2cnn(C)c2n1. The fourth-order valence-electron chi connectivity index (χ4n) is 3.84. The topological polar surface area (TPSA) is 63.1 Å². The molecule has 6 heteroatoms. The molecule has 0 unspecified atom stereocenters. The average Bonchev–Trinajstić information content (AvgIpc) is 3.07. The second-order valence-corrected chi connectivity index (χ2v) is 7.22. The third kappa shape index (κ3) is 3.57. The van der Waals surface area contributed by atoms with Crippen molar-refractivity contribution in [3.8, 4) is 0 Å². The predicted octanol–water partition coefficient (Wildman–Crippen LogP) is 2.67. The highest BCUT2D eigenvalue weighted by molar-refractivity contribution is 6.05.